The van der Waals surface area contributed by atoms with Crippen LogP contribution in [0.1, 0.15) is 39.9 Å². The molecular formula is C23H29NO4. The van der Waals surface area contributed by atoms with Crippen LogP contribution in [0.5, 0.6) is 17.2 Å². The minimum Gasteiger partial charge on any atom is -0.504 e. The molecule has 1 aliphatic heterocycles. The summed E-state index contributed by atoms with van der Waals surface area (Å²) in [7, 11) is 3.20. The van der Waals surface area contributed by atoms with Gasteiger partial charge in [-0.1, -0.05) is 6.07 Å². The van der Waals surface area contributed by atoms with Crippen LogP contribution in [-0.4, -0.2) is 43.1 Å². The van der Waals surface area contributed by atoms with Gasteiger partial charge in [0.1, 0.15) is 5.75 Å². The molecule has 3 rings (SSSR count). The number of nitrogens with zero attached hydrogens (tertiary/aromatic N) is 1. The average molecular weight is 383 g/mol. The van der Waals surface area contributed by atoms with Crippen LogP contribution in [0.15, 0.2) is 30.3 Å². The molecule has 150 valence electrons. The molecule has 0 amide bonds. The normalized spacial score (nSPS) is 17.4. The van der Waals surface area contributed by atoms with E-state index in [2.05, 4.69) is 4.90 Å². The van der Waals surface area contributed by atoms with E-state index in [4.69, 9.17) is 9.47 Å². The van der Waals surface area contributed by atoms with Crippen LogP contribution in [0.2, 0.25) is 0 Å². The van der Waals surface area contributed by atoms with Crippen molar-refractivity contribution in [2.24, 2.45) is 5.92 Å². The van der Waals surface area contributed by atoms with Crippen molar-refractivity contribution in [3.05, 3.63) is 52.6 Å². The van der Waals surface area contributed by atoms with Gasteiger partial charge in [0.2, 0.25) is 0 Å². The van der Waals surface area contributed by atoms with Gasteiger partial charge in [-0.05, 0) is 74.2 Å². The maximum Gasteiger partial charge on any atom is 0.167 e. The summed E-state index contributed by atoms with van der Waals surface area (Å²) in [6.07, 6.45) is 1.90. The number of carbonyl (C=O) groups is 1. The Hall–Kier alpha value is -2.53. The SMILES string of the molecule is COc1ccc(CN2CCC[C@@H](C(=O)c3cc(C)c(OC)c(C)c3)C2)cc1O. The molecule has 5 heteroatoms. The van der Waals surface area contributed by atoms with Crippen LogP contribution in [0.25, 0.3) is 0 Å². The predicted molar refractivity (Wildman–Crippen MR) is 109 cm³/mol. The van der Waals surface area contributed by atoms with E-state index in [1.54, 1.807) is 19.2 Å². The lowest BCUT2D eigenvalue weighted by atomic mass is 9.88. The fourth-order valence-corrected chi connectivity index (χ4v) is 4.16. The van der Waals surface area contributed by atoms with Crippen molar-refractivity contribution in [3.8, 4) is 17.2 Å². The van der Waals surface area contributed by atoms with Crippen molar-refractivity contribution < 1.29 is 19.4 Å². The zero-order valence-corrected chi connectivity index (χ0v) is 17.1. The minimum atomic E-state index is -0.00668. The minimum absolute atomic E-state index is 0.00668. The molecule has 2 aromatic rings. The highest BCUT2D eigenvalue weighted by atomic mass is 16.5. The van der Waals surface area contributed by atoms with Gasteiger partial charge < -0.3 is 14.6 Å². The number of phenols is 1. The third-order valence-electron chi connectivity index (χ3n) is 5.47. The second-order valence-corrected chi connectivity index (χ2v) is 7.59. The number of methoxy groups -OCH3 is 2. The van der Waals surface area contributed by atoms with Gasteiger partial charge in [-0.2, -0.15) is 0 Å². The first kappa shape index (κ1) is 20.2. The molecule has 0 radical (unpaired) electrons. The molecule has 0 bridgehead atoms. The van der Waals surface area contributed by atoms with E-state index < -0.39 is 0 Å². The molecule has 0 unspecified atom stereocenters. The first-order valence-corrected chi connectivity index (χ1v) is 9.70. The molecule has 28 heavy (non-hydrogen) atoms. The first-order chi connectivity index (χ1) is 13.4. The average Bonchev–Trinajstić information content (AvgIpc) is 2.67. The van der Waals surface area contributed by atoms with E-state index in [9.17, 15) is 9.90 Å². The van der Waals surface area contributed by atoms with Gasteiger partial charge in [-0.3, -0.25) is 9.69 Å². The molecule has 1 aliphatic rings. The summed E-state index contributed by atoms with van der Waals surface area (Å²) in [5, 5.41) is 10.00. The van der Waals surface area contributed by atoms with Crippen LogP contribution in [-0.2, 0) is 6.54 Å². The highest BCUT2D eigenvalue weighted by Crippen LogP contribution is 2.30. The van der Waals surface area contributed by atoms with E-state index in [0.29, 0.717) is 12.3 Å². The number of hydrogen-bond acceptors (Lipinski definition) is 5. The number of hydrogen-bond donors (Lipinski definition) is 1. The van der Waals surface area contributed by atoms with E-state index in [1.807, 2.05) is 32.0 Å². The van der Waals surface area contributed by atoms with E-state index in [1.165, 1.54) is 7.11 Å². The Morgan fingerprint density at radius 2 is 1.86 bits per heavy atom. The molecule has 5 nitrogen and oxygen atoms in total. The van der Waals surface area contributed by atoms with Gasteiger partial charge in [-0.15, -0.1) is 0 Å². The van der Waals surface area contributed by atoms with Crippen molar-refractivity contribution in [1.82, 2.24) is 4.90 Å². The van der Waals surface area contributed by atoms with Crippen LogP contribution in [0.3, 0.4) is 0 Å². The number of carbonyl (C=O) groups excluding carboxylic acids is 1. The van der Waals surface area contributed by atoms with Gasteiger partial charge in [0, 0.05) is 24.6 Å². The lowest BCUT2D eigenvalue weighted by Crippen LogP contribution is -2.38. The van der Waals surface area contributed by atoms with Crippen LogP contribution in [0, 0.1) is 19.8 Å². The Morgan fingerprint density at radius 3 is 2.46 bits per heavy atom. The molecule has 2 aromatic carbocycles. The zero-order valence-electron chi connectivity index (χ0n) is 17.1. The number of ether oxygens (including phenoxy) is 2. The van der Waals surface area contributed by atoms with Gasteiger partial charge in [-0.25, -0.2) is 0 Å². The van der Waals surface area contributed by atoms with E-state index in [-0.39, 0.29) is 17.5 Å². The Labute approximate surface area is 166 Å². The van der Waals surface area contributed by atoms with E-state index in [0.717, 1.165) is 53.9 Å². The van der Waals surface area contributed by atoms with Gasteiger partial charge in [0.25, 0.3) is 0 Å². The van der Waals surface area contributed by atoms with Gasteiger partial charge in [0.15, 0.2) is 17.3 Å². The summed E-state index contributed by atoms with van der Waals surface area (Å²) in [4.78, 5) is 15.4. The van der Waals surface area contributed by atoms with Crippen LogP contribution in [0.4, 0.5) is 0 Å². The topological polar surface area (TPSA) is 59.0 Å². The number of benzene rings is 2. The summed E-state index contributed by atoms with van der Waals surface area (Å²) in [6, 6.07) is 9.35. The molecule has 0 spiro atoms. The predicted octanol–water partition coefficient (Wildman–Crippen LogP) is 4.12. The number of ketones is 1. The number of aryl methyl sites for hydroxylation is 2. The maximum atomic E-state index is 13.1. The number of aromatic hydroxyl groups is 1. The molecule has 0 aliphatic carbocycles. The molecule has 1 heterocycles. The maximum absolute atomic E-state index is 13.1. The van der Waals surface area contributed by atoms with Crippen LogP contribution >= 0.6 is 0 Å². The second-order valence-electron chi connectivity index (χ2n) is 7.59. The fraction of sp³-hybridized carbons (Fsp3) is 0.435. The fourth-order valence-electron chi connectivity index (χ4n) is 4.16. The third kappa shape index (κ3) is 4.30. The molecule has 0 saturated carbocycles. The number of likely N-dealkylation sites (tertiary alicyclic amines) is 1. The Balaban J connectivity index is 1.71. The molecular weight excluding hydrogens is 354 g/mol. The molecule has 1 saturated heterocycles. The quantitative estimate of drug-likeness (QED) is 0.761. The van der Waals surface area contributed by atoms with Gasteiger partial charge in [0.05, 0.1) is 14.2 Å². The standard InChI is InChI=1S/C23H29NO4/c1-15-10-19(11-16(2)23(15)28-4)22(26)18-6-5-9-24(14-18)13-17-7-8-21(27-3)20(25)12-17/h7-8,10-12,18,25H,5-6,9,13-14H2,1-4H3/t18-/m1/s1. The van der Waals surface area contributed by atoms with Crippen LogP contribution < -0.4 is 9.47 Å². The monoisotopic (exact) mass is 383 g/mol. The second kappa shape index (κ2) is 8.65. The number of piperidine rings is 1. The summed E-state index contributed by atoms with van der Waals surface area (Å²) >= 11 is 0. The Morgan fingerprint density at radius 1 is 1.14 bits per heavy atom. The largest absolute Gasteiger partial charge is 0.504 e. The lowest BCUT2D eigenvalue weighted by Gasteiger charge is -2.32. The van der Waals surface area contributed by atoms with Crippen molar-refractivity contribution in [3.63, 3.8) is 0 Å². The highest BCUT2D eigenvalue weighted by molar-refractivity contribution is 5.98. The Kier molecular flexibility index (Phi) is 6.25. The summed E-state index contributed by atoms with van der Waals surface area (Å²) < 4.78 is 10.5. The number of rotatable bonds is 6. The molecule has 0 aromatic heterocycles. The zero-order chi connectivity index (χ0) is 20.3. The summed E-state index contributed by atoms with van der Waals surface area (Å²) in [5.41, 5.74) is 3.77. The summed E-state index contributed by atoms with van der Waals surface area (Å²) in [6.45, 7) is 6.35. The lowest BCUT2D eigenvalue weighted by molar-refractivity contribution is 0.0811. The molecule has 1 N–H and O–H groups in total. The Bertz CT molecular complexity index is 839. The van der Waals surface area contributed by atoms with Crippen molar-refractivity contribution >= 4 is 5.78 Å². The smallest absolute Gasteiger partial charge is 0.167 e. The van der Waals surface area contributed by atoms with Gasteiger partial charge >= 0.3 is 0 Å². The number of phenolic OH excluding ortho intramolecular Hbond substituents is 1. The van der Waals surface area contributed by atoms with Crippen molar-refractivity contribution in [2.45, 2.75) is 33.2 Å². The third-order valence-corrected chi connectivity index (χ3v) is 5.47. The number of Topliss-reactive ketones (excluding diaryl/α,β-unsaturated/α-hetero) is 1. The van der Waals surface area contributed by atoms with Crippen molar-refractivity contribution in [1.29, 1.82) is 0 Å². The van der Waals surface area contributed by atoms with Crippen molar-refractivity contribution in [2.75, 3.05) is 27.3 Å². The van der Waals surface area contributed by atoms with E-state index >= 15 is 0 Å². The molecule has 1 fully saturated rings. The highest BCUT2D eigenvalue weighted by Gasteiger charge is 2.27. The summed E-state index contributed by atoms with van der Waals surface area (Å²) in [5.74, 6) is 1.67. The first-order valence-electron chi connectivity index (χ1n) is 9.70. The molecule has 1 atom stereocenters.